The molecule has 0 aliphatic carbocycles. The zero-order valence-electron chi connectivity index (χ0n) is 5.84. The van der Waals surface area contributed by atoms with Crippen molar-refractivity contribution in [1.82, 2.24) is 9.97 Å². The molecule has 4 nitrogen and oxygen atoms in total. The van der Waals surface area contributed by atoms with Crippen molar-refractivity contribution >= 4 is 23.2 Å². The molecular formula is C6H6ClN3O. The van der Waals surface area contributed by atoms with E-state index < -0.39 is 0 Å². The van der Waals surface area contributed by atoms with E-state index in [0.717, 1.165) is 0 Å². The van der Waals surface area contributed by atoms with Crippen molar-refractivity contribution < 1.29 is 4.79 Å². The topological polar surface area (TPSA) is 54.9 Å². The van der Waals surface area contributed by atoms with Gasteiger partial charge in [-0.1, -0.05) is 11.6 Å². The maximum absolute atomic E-state index is 10.5. The minimum Gasteiger partial charge on any atom is -0.322 e. The Morgan fingerprint density at radius 1 is 1.73 bits per heavy atom. The number of anilines is 1. The lowest BCUT2D eigenvalue weighted by atomic mass is 10.5. The fraction of sp³-hybridized carbons (Fsp3) is 0.167. The van der Waals surface area contributed by atoms with Crippen LogP contribution >= 0.6 is 11.6 Å². The molecule has 11 heavy (non-hydrogen) atoms. The van der Waals surface area contributed by atoms with Crippen LogP contribution in [0.5, 0.6) is 0 Å². The van der Waals surface area contributed by atoms with Gasteiger partial charge in [0.15, 0.2) is 5.15 Å². The highest BCUT2D eigenvalue weighted by Gasteiger charge is 2.00. The zero-order chi connectivity index (χ0) is 8.27. The minimum atomic E-state index is -0.193. The molecule has 0 atom stereocenters. The van der Waals surface area contributed by atoms with Crippen molar-refractivity contribution in [2.45, 2.75) is 6.92 Å². The first-order valence-electron chi connectivity index (χ1n) is 2.93. The molecule has 1 heterocycles. The molecule has 1 aromatic rings. The molecule has 5 heteroatoms. The number of aromatic nitrogens is 2. The lowest BCUT2D eigenvalue weighted by Crippen LogP contribution is -2.06. The Morgan fingerprint density at radius 3 is 3.00 bits per heavy atom. The Bertz CT molecular complexity index is 276. The van der Waals surface area contributed by atoms with E-state index >= 15 is 0 Å². The standard InChI is InChI=1S/C6H6ClN3O/c1-4(11)10-5-2-8-3-9-6(5)7/h2-3H,1H3,(H,10,11). The van der Waals surface area contributed by atoms with Crippen molar-refractivity contribution in [3.05, 3.63) is 17.7 Å². The highest BCUT2D eigenvalue weighted by Crippen LogP contribution is 2.15. The Hall–Kier alpha value is -1.16. The number of carbonyl (C=O) groups is 1. The average Bonchev–Trinajstić information content (AvgIpc) is 1.93. The number of carbonyl (C=O) groups excluding carboxylic acids is 1. The van der Waals surface area contributed by atoms with E-state index in [9.17, 15) is 4.79 Å². The normalized spacial score (nSPS) is 9.27. The van der Waals surface area contributed by atoms with Gasteiger partial charge in [-0.3, -0.25) is 4.79 Å². The first kappa shape index (κ1) is 7.94. The summed E-state index contributed by atoms with van der Waals surface area (Å²) >= 11 is 5.60. The quantitative estimate of drug-likeness (QED) is 0.644. The summed E-state index contributed by atoms with van der Waals surface area (Å²) < 4.78 is 0. The van der Waals surface area contributed by atoms with Crippen LogP contribution in [0, 0.1) is 0 Å². The predicted molar refractivity (Wildman–Crippen MR) is 41.3 cm³/mol. The zero-order valence-corrected chi connectivity index (χ0v) is 6.59. The van der Waals surface area contributed by atoms with Crippen LogP contribution < -0.4 is 5.32 Å². The first-order valence-corrected chi connectivity index (χ1v) is 3.31. The maximum atomic E-state index is 10.5. The lowest BCUT2D eigenvalue weighted by Gasteiger charge is -2.00. The molecule has 1 N–H and O–H groups in total. The van der Waals surface area contributed by atoms with E-state index in [0.29, 0.717) is 5.69 Å². The highest BCUT2D eigenvalue weighted by atomic mass is 35.5. The number of hydrogen-bond donors (Lipinski definition) is 1. The number of rotatable bonds is 1. The van der Waals surface area contributed by atoms with Gasteiger partial charge in [-0.15, -0.1) is 0 Å². The van der Waals surface area contributed by atoms with Crippen LogP contribution in [0.4, 0.5) is 5.69 Å². The molecule has 1 amide bonds. The molecule has 0 radical (unpaired) electrons. The third-order valence-electron chi connectivity index (χ3n) is 0.974. The monoisotopic (exact) mass is 171 g/mol. The number of nitrogens with one attached hydrogen (secondary N) is 1. The van der Waals surface area contributed by atoms with Gasteiger partial charge in [0.05, 0.1) is 11.9 Å². The lowest BCUT2D eigenvalue weighted by molar-refractivity contribution is -0.114. The summed E-state index contributed by atoms with van der Waals surface area (Å²) in [5.41, 5.74) is 0.432. The predicted octanol–water partition coefficient (Wildman–Crippen LogP) is 1.09. The summed E-state index contributed by atoms with van der Waals surface area (Å²) in [5.74, 6) is -0.193. The molecule has 0 aliphatic heterocycles. The van der Waals surface area contributed by atoms with Gasteiger partial charge in [-0.05, 0) is 0 Å². The van der Waals surface area contributed by atoms with E-state index in [4.69, 9.17) is 11.6 Å². The van der Waals surface area contributed by atoms with Crippen molar-refractivity contribution in [2.75, 3.05) is 5.32 Å². The molecule has 0 spiro atoms. The van der Waals surface area contributed by atoms with Crippen LogP contribution in [-0.4, -0.2) is 15.9 Å². The molecule has 0 aromatic carbocycles. The fourth-order valence-electron chi connectivity index (χ4n) is 0.588. The Morgan fingerprint density at radius 2 is 2.45 bits per heavy atom. The van der Waals surface area contributed by atoms with Crippen molar-refractivity contribution in [2.24, 2.45) is 0 Å². The molecule has 58 valence electrons. The van der Waals surface area contributed by atoms with Crippen molar-refractivity contribution in [1.29, 1.82) is 0 Å². The molecule has 0 bridgehead atoms. The Balaban J connectivity index is 2.86. The summed E-state index contributed by atoms with van der Waals surface area (Å²) in [6.07, 6.45) is 2.75. The number of hydrogen-bond acceptors (Lipinski definition) is 3. The van der Waals surface area contributed by atoms with Gasteiger partial charge in [-0.2, -0.15) is 0 Å². The van der Waals surface area contributed by atoms with Crippen LogP contribution in [0.3, 0.4) is 0 Å². The molecule has 1 rings (SSSR count). The second kappa shape index (κ2) is 3.30. The van der Waals surface area contributed by atoms with E-state index in [-0.39, 0.29) is 11.1 Å². The van der Waals surface area contributed by atoms with Gasteiger partial charge in [0, 0.05) is 6.92 Å². The van der Waals surface area contributed by atoms with E-state index in [2.05, 4.69) is 15.3 Å². The molecule has 0 aliphatic rings. The van der Waals surface area contributed by atoms with Gasteiger partial charge in [-0.25, -0.2) is 9.97 Å². The number of nitrogens with zero attached hydrogens (tertiary/aromatic N) is 2. The van der Waals surface area contributed by atoms with Gasteiger partial charge in [0.25, 0.3) is 0 Å². The van der Waals surface area contributed by atoms with Crippen molar-refractivity contribution in [3.8, 4) is 0 Å². The second-order valence-corrected chi connectivity index (χ2v) is 2.27. The third kappa shape index (κ3) is 2.16. The fourth-order valence-corrected chi connectivity index (χ4v) is 0.728. The Labute approximate surface area is 68.6 Å². The summed E-state index contributed by atoms with van der Waals surface area (Å²) in [4.78, 5) is 17.9. The molecular weight excluding hydrogens is 166 g/mol. The van der Waals surface area contributed by atoms with E-state index in [1.54, 1.807) is 0 Å². The van der Waals surface area contributed by atoms with Crippen LogP contribution in [0.15, 0.2) is 12.5 Å². The molecule has 0 fully saturated rings. The largest absolute Gasteiger partial charge is 0.322 e. The van der Waals surface area contributed by atoms with E-state index in [1.165, 1.54) is 19.4 Å². The van der Waals surface area contributed by atoms with Gasteiger partial charge >= 0.3 is 0 Å². The van der Waals surface area contributed by atoms with Gasteiger partial charge < -0.3 is 5.32 Å². The van der Waals surface area contributed by atoms with Crippen LogP contribution in [0.2, 0.25) is 5.15 Å². The van der Waals surface area contributed by atoms with E-state index in [1.807, 2.05) is 0 Å². The summed E-state index contributed by atoms with van der Waals surface area (Å²) in [7, 11) is 0. The van der Waals surface area contributed by atoms with Gasteiger partial charge in [0.1, 0.15) is 6.33 Å². The first-order chi connectivity index (χ1) is 5.20. The van der Waals surface area contributed by atoms with Gasteiger partial charge in [0.2, 0.25) is 5.91 Å². The van der Waals surface area contributed by atoms with Crippen LogP contribution in [-0.2, 0) is 4.79 Å². The number of halogens is 1. The number of amides is 1. The summed E-state index contributed by atoms with van der Waals surface area (Å²) in [6, 6.07) is 0. The second-order valence-electron chi connectivity index (χ2n) is 1.91. The summed E-state index contributed by atoms with van der Waals surface area (Å²) in [6.45, 7) is 1.39. The molecule has 1 aromatic heterocycles. The van der Waals surface area contributed by atoms with Crippen LogP contribution in [0.25, 0.3) is 0 Å². The van der Waals surface area contributed by atoms with Crippen LogP contribution in [0.1, 0.15) is 6.92 Å². The Kier molecular flexibility index (Phi) is 2.38. The molecule has 0 unspecified atom stereocenters. The third-order valence-corrected chi connectivity index (χ3v) is 1.28. The highest BCUT2D eigenvalue weighted by molar-refractivity contribution is 6.32. The molecule has 0 saturated heterocycles. The average molecular weight is 172 g/mol. The SMILES string of the molecule is CC(=O)Nc1cncnc1Cl. The summed E-state index contributed by atoms with van der Waals surface area (Å²) in [5, 5.41) is 2.72. The maximum Gasteiger partial charge on any atom is 0.221 e. The van der Waals surface area contributed by atoms with Crippen molar-refractivity contribution in [3.63, 3.8) is 0 Å². The smallest absolute Gasteiger partial charge is 0.221 e. The molecule has 0 saturated carbocycles. The minimum absolute atomic E-state index is 0.193.